The molecular formula is C23H27N5O. The maximum Gasteiger partial charge on any atom is 0.214 e. The van der Waals surface area contributed by atoms with Crippen molar-refractivity contribution in [1.29, 1.82) is 0 Å². The minimum absolute atomic E-state index is 0.511. The zero-order valence-corrected chi connectivity index (χ0v) is 17.0. The average Bonchev–Trinajstić information content (AvgIpc) is 3.25. The highest BCUT2D eigenvalue weighted by Gasteiger charge is 2.20. The van der Waals surface area contributed by atoms with Gasteiger partial charge in [-0.15, -0.1) is 0 Å². The van der Waals surface area contributed by atoms with E-state index in [1.165, 1.54) is 11.3 Å². The van der Waals surface area contributed by atoms with Gasteiger partial charge in [-0.1, -0.05) is 48.0 Å². The van der Waals surface area contributed by atoms with Crippen LogP contribution in [0.15, 0.2) is 70.2 Å². The van der Waals surface area contributed by atoms with Crippen LogP contribution in [0.2, 0.25) is 0 Å². The number of nitrogens with one attached hydrogen (secondary N) is 1. The van der Waals surface area contributed by atoms with Crippen molar-refractivity contribution in [3.8, 4) is 11.3 Å². The summed E-state index contributed by atoms with van der Waals surface area (Å²) in [6.07, 6.45) is 1.78. The lowest BCUT2D eigenvalue weighted by atomic mass is 10.1. The Morgan fingerprint density at radius 3 is 2.45 bits per heavy atom. The molecule has 0 amide bonds. The largest absolute Gasteiger partial charge is 0.439 e. The molecule has 29 heavy (non-hydrogen) atoms. The number of rotatable bonds is 4. The molecule has 1 aliphatic rings. The Kier molecular flexibility index (Phi) is 5.79. The predicted octanol–water partition coefficient (Wildman–Crippen LogP) is 3.55. The van der Waals surface area contributed by atoms with Crippen LogP contribution in [0.1, 0.15) is 11.5 Å². The first-order valence-electron chi connectivity index (χ1n) is 10.0. The molecule has 0 bridgehead atoms. The third kappa shape index (κ3) is 4.59. The number of piperazine rings is 1. The Hall–Kier alpha value is -3.28. The number of oxazole rings is 1. The van der Waals surface area contributed by atoms with Crippen LogP contribution in [0.4, 0.5) is 5.69 Å². The molecule has 1 aromatic heterocycles. The Morgan fingerprint density at radius 1 is 1.03 bits per heavy atom. The summed E-state index contributed by atoms with van der Waals surface area (Å²) in [5, 5.41) is 3.39. The summed E-state index contributed by atoms with van der Waals surface area (Å²) in [6.45, 7) is 6.38. The first-order chi connectivity index (χ1) is 14.2. The summed E-state index contributed by atoms with van der Waals surface area (Å²) < 4.78 is 5.91. The standard InChI is InChI=1S/C23H27N5O/c1-18-8-10-19(11-9-18)21-16-25-22(29-21)17-26-23(24-2)28-14-12-27(13-15-28)20-6-4-3-5-7-20/h3-11,16H,12-15,17H2,1-2H3,(H,24,26). The van der Waals surface area contributed by atoms with Crippen LogP contribution in [0, 0.1) is 6.92 Å². The highest BCUT2D eigenvalue weighted by atomic mass is 16.4. The van der Waals surface area contributed by atoms with Crippen LogP contribution in [-0.4, -0.2) is 49.1 Å². The molecule has 0 unspecified atom stereocenters. The third-order valence-corrected chi connectivity index (χ3v) is 5.20. The van der Waals surface area contributed by atoms with Crippen LogP contribution in [0.25, 0.3) is 11.3 Å². The molecule has 0 radical (unpaired) electrons. The summed E-state index contributed by atoms with van der Waals surface area (Å²) in [5.41, 5.74) is 3.54. The van der Waals surface area contributed by atoms with Gasteiger partial charge in [-0.2, -0.15) is 0 Å². The second kappa shape index (κ2) is 8.82. The zero-order chi connectivity index (χ0) is 20.1. The Balaban J connectivity index is 1.32. The van der Waals surface area contributed by atoms with E-state index in [1.807, 2.05) is 7.05 Å². The SMILES string of the molecule is CN=C(NCc1ncc(-c2ccc(C)cc2)o1)N1CCN(c2ccccc2)CC1. The zero-order valence-electron chi connectivity index (χ0n) is 17.0. The number of benzene rings is 2. The first-order valence-corrected chi connectivity index (χ1v) is 10.0. The van der Waals surface area contributed by atoms with E-state index in [1.54, 1.807) is 6.20 Å². The van der Waals surface area contributed by atoms with Gasteiger partial charge in [0.25, 0.3) is 0 Å². The Bertz CT molecular complexity index is 941. The van der Waals surface area contributed by atoms with Crippen LogP contribution in [-0.2, 0) is 6.54 Å². The fraction of sp³-hybridized carbons (Fsp3) is 0.304. The fourth-order valence-corrected chi connectivity index (χ4v) is 3.55. The quantitative estimate of drug-likeness (QED) is 0.546. The number of aryl methyl sites for hydroxylation is 1. The third-order valence-electron chi connectivity index (χ3n) is 5.20. The van der Waals surface area contributed by atoms with Crippen LogP contribution in [0.5, 0.6) is 0 Å². The van der Waals surface area contributed by atoms with Gasteiger partial charge >= 0.3 is 0 Å². The van der Waals surface area contributed by atoms with Gasteiger partial charge in [0.2, 0.25) is 5.89 Å². The number of hydrogen-bond acceptors (Lipinski definition) is 4. The van der Waals surface area contributed by atoms with Crippen LogP contribution >= 0.6 is 0 Å². The van der Waals surface area contributed by atoms with Crippen molar-refractivity contribution in [2.75, 3.05) is 38.1 Å². The van der Waals surface area contributed by atoms with Crippen LogP contribution in [0.3, 0.4) is 0 Å². The summed E-state index contributed by atoms with van der Waals surface area (Å²) >= 11 is 0. The highest BCUT2D eigenvalue weighted by Crippen LogP contribution is 2.21. The van der Waals surface area contributed by atoms with Gasteiger partial charge in [0, 0.05) is 44.5 Å². The molecule has 1 aliphatic heterocycles. The summed E-state index contributed by atoms with van der Waals surface area (Å²) in [6, 6.07) is 18.8. The smallest absolute Gasteiger partial charge is 0.214 e. The molecule has 0 spiro atoms. The molecule has 150 valence electrons. The van der Waals surface area contributed by atoms with Gasteiger partial charge in [0.15, 0.2) is 11.7 Å². The van der Waals surface area contributed by atoms with Crippen molar-refractivity contribution in [3.05, 3.63) is 72.2 Å². The number of aliphatic imine (C=N–C) groups is 1. The summed E-state index contributed by atoms with van der Waals surface area (Å²) in [7, 11) is 1.82. The molecule has 1 saturated heterocycles. The van der Waals surface area contributed by atoms with Crippen molar-refractivity contribution in [2.24, 2.45) is 4.99 Å². The molecule has 2 aromatic carbocycles. The van der Waals surface area contributed by atoms with Gasteiger partial charge < -0.3 is 19.5 Å². The number of guanidine groups is 1. The highest BCUT2D eigenvalue weighted by molar-refractivity contribution is 5.80. The summed E-state index contributed by atoms with van der Waals surface area (Å²) in [4.78, 5) is 13.5. The normalized spacial score (nSPS) is 14.9. The predicted molar refractivity (Wildman–Crippen MR) is 117 cm³/mol. The molecule has 1 N–H and O–H groups in total. The van der Waals surface area contributed by atoms with Crippen molar-refractivity contribution < 1.29 is 4.42 Å². The molecule has 0 saturated carbocycles. The minimum atomic E-state index is 0.511. The summed E-state index contributed by atoms with van der Waals surface area (Å²) in [5.74, 6) is 2.32. The van der Waals surface area contributed by atoms with E-state index in [2.05, 4.69) is 86.6 Å². The lowest BCUT2D eigenvalue weighted by Crippen LogP contribution is -2.52. The average molecular weight is 390 g/mol. The number of nitrogens with zero attached hydrogens (tertiary/aromatic N) is 4. The van der Waals surface area contributed by atoms with E-state index < -0.39 is 0 Å². The number of aromatic nitrogens is 1. The molecule has 0 aliphatic carbocycles. The van der Waals surface area contributed by atoms with E-state index in [-0.39, 0.29) is 0 Å². The fourth-order valence-electron chi connectivity index (χ4n) is 3.55. The molecule has 6 nitrogen and oxygen atoms in total. The first kappa shape index (κ1) is 19.1. The Morgan fingerprint density at radius 2 is 1.76 bits per heavy atom. The second-order valence-electron chi connectivity index (χ2n) is 7.19. The molecule has 2 heterocycles. The molecule has 4 rings (SSSR count). The van der Waals surface area contributed by atoms with E-state index in [0.717, 1.165) is 43.5 Å². The lowest BCUT2D eigenvalue weighted by molar-refractivity contribution is 0.369. The maximum absolute atomic E-state index is 5.91. The van der Waals surface area contributed by atoms with E-state index in [4.69, 9.17) is 4.42 Å². The number of hydrogen-bond donors (Lipinski definition) is 1. The van der Waals surface area contributed by atoms with Gasteiger partial charge in [-0.25, -0.2) is 4.98 Å². The van der Waals surface area contributed by atoms with Gasteiger partial charge in [0.05, 0.1) is 12.7 Å². The molecule has 6 heteroatoms. The number of para-hydroxylation sites is 1. The molecule has 1 fully saturated rings. The van der Waals surface area contributed by atoms with Gasteiger partial charge in [-0.05, 0) is 19.1 Å². The van der Waals surface area contributed by atoms with Crippen molar-refractivity contribution in [2.45, 2.75) is 13.5 Å². The van der Waals surface area contributed by atoms with E-state index in [0.29, 0.717) is 12.4 Å². The van der Waals surface area contributed by atoms with Gasteiger partial charge in [-0.3, -0.25) is 4.99 Å². The van der Waals surface area contributed by atoms with Crippen molar-refractivity contribution in [3.63, 3.8) is 0 Å². The minimum Gasteiger partial charge on any atom is -0.439 e. The lowest BCUT2D eigenvalue weighted by Gasteiger charge is -2.37. The topological polar surface area (TPSA) is 56.9 Å². The van der Waals surface area contributed by atoms with Crippen LogP contribution < -0.4 is 10.2 Å². The van der Waals surface area contributed by atoms with E-state index >= 15 is 0 Å². The number of anilines is 1. The van der Waals surface area contributed by atoms with E-state index in [9.17, 15) is 0 Å². The van der Waals surface area contributed by atoms with Crippen molar-refractivity contribution in [1.82, 2.24) is 15.2 Å². The van der Waals surface area contributed by atoms with Crippen molar-refractivity contribution >= 4 is 11.6 Å². The molecule has 3 aromatic rings. The monoisotopic (exact) mass is 389 g/mol. The maximum atomic E-state index is 5.91. The van der Waals surface area contributed by atoms with Gasteiger partial charge in [0.1, 0.15) is 0 Å². The molecule has 0 atom stereocenters. The molecular weight excluding hydrogens is 362 g/mol. The second-order valence-corrected chi connectivity index (χ2v) is 7.19. The Labute approximate surface area is 171 Å².